The van der Waals surface area contributed by atoms with E-state index in [0.29, 0.717) is 6.54 Å². The summed E-state index contributed by atoms with van der Waals surface area (Å²) in [6.07, 6.45) is 7.65. The first-order chi connectivity index (χ1) is 9.23. The standard InChI is InChI=1S/C16H22N2O.ClH/c17-11-16(8-1-2-9-16)15(19)18-14-7-6-12-4-3-5-13(12)10-14;/h6-7,10H,1-5,8-9,11,17H2,(H,18,19);1H. The molecule has 1 amide bonds. The molecule has 3 nitrogen and oxygen atoms in total. The van der Waals surface area contributed by atoms with Crippen LogP contribution in [0.4, 0.5) is 5.69 Å². The van der Waals surface area contributed by atoms with Crippen molar-refractivity contribution in [3.8, 4) is 0 Å². The highest BCUT2D eigenvalue weighted by Crippen LogP contribution is 2.38. The molecule has 0 heterocycles. The van der Waals surface area contributed by atoms with E-state index in [1.807, 2.05) is 6.07 Å². The lowest BCUT2D eigenvalue weighted by molar-refractivity contribution is -0.124. The number of carbonyl (C=O) groups is 1. The number of rotatable bonds is 3. The van der Waals surface area contributed by atoms with E-state index in [4.69, 9.17) is 5.73 Å². The summed E-state index contributed by atoms with van der Waals surface area (Å²) in [4.78, 5) is 12.5. The van der Waals surface area contributed by atoms with Crippen molar-refractivity contribution in [3.05, 3.63) is 29.3 Å². The second-order valence-electron chi connectivity index (χ2n) is 5.98. The maximum Gasteiger partial charge on any atom is 0.231 e. The summed E-state index contributed by atoms with van der Waals surface area (Å²) in [6.45, 7) is 0.462. The van der Waals surface area contributed by atoms with Crippen molar-refractivity contribution in [1.29, 1.82) is 0 Å². The maximum atomic E-state index is 12.5. The van der Waals surface area contributed by atoms with Gasteiger partial charge in [0.25, 0.3) is 0 Å². The molecule has 20 heavy (non-hydrogen) atoms. The van der Waals surface area contributed by atoms with Gasteiger partial charge in [-0.05, 0) is 55.4 Å². The third kappa shape index (κ3) is 2.70. The molecule has 1 saturated carbocycles. The molecule has 0 radical (unpaired) electrons. The Morgan fingerprint density at radius 2 is 1.85 bits per heavy atom. The van der Waals surface area contributed by atoms with Crippen molar-refractivity contribution in [3.63, 3.8) is 0 Å². The highest BCUT2D eigenvalue weighted by Gasteiger charge is 2.39. The van der Waals surface area contributed by atoms with Gasteiger partial charge in [0.15, 0.2) is 0 Å². The Labute approximate surface area is 126 Å². The first-order valence-electron chi connectivity index (χ1n) is 7.37. The Morgan fingerprint density at radius 1 is 1.15 bits per heavy atom. The van der Waals surface area contributed by atoms with Crippen LogP contribution in [0.3, 0.4) is 0 Å². The van der Waals surface area contributed by atoms with Crippen LogP contribution in [-0.2, 0) is 17.6 Å². The monoisotopic (exact) mass is 294 g/mol. The maximum absolute atomic E-state index is 12.5. The van der Waals surface area contributed by atoms with Gasteiger partial charge in [-0.2, -0.15) is 0 Å². The van der Waals surface area contributed by atoms with Crippen molar-refractivity contribution < 1.29 is 4.79 Å². The van der Waals surface area contributed by atoms with E-state index in [9.17, 15) is 4.79 Å². The minimum Gasteiger partial charge on any atom is -0.329 e. The van der Waals surface area contributed by atoms with E-state index in [1.54, 1.807) is 0 Å². The van der Waals surface area contributed by atoms with E-state index in [-0.39, 0.29) is 23.7 Å². The average molecular weight is 295 g/mol. The number of fused-ring (bicyclic) bond motifs is 1. The molecule has 0 unspecified atom stereocenters. The molecular formula is C16H23ClN2O. The molecule has 2 aliphatic rings. The summed E-state index contributed by atoms with van der Waals surface area (Å²) in [5.74, 6) is 0.116. The molecule has 1 aromatic rings. The summed E-state index contributed by atoms with van der Waals surface area (Å²) < 4.78 is 0. The second-order valence-corrected chi connectivity index (χ2v) is 5.98. The van der Waals surface area contributed by atoms with Crippen LogP contribution in [-0.4, -0.2) is 12.5 Å². The molecule has 0 aliphatic heterocycles. The average Bonchev–Trinajstić information content (AvgIpc) is 3.07. The third-order valence-electron chi connectivity index (χ3n) is 4.79. The number of carbonyl (C=O) groups excluding carboxylic acids is 1. The molecule has 1 fully saturated rings. The fourth-order valence-electron chi connectivity index (χ4n) is 3.49. The number of aryl methyl sites for hydroxylation is 2. The lowest BCUT2D eigenvalue weighted by atomic mass is 9.85. The van der Waals surface area contributed by atoms with Crippen molar-refractivity contribution in [2.45, 2.75) is 44.9 Å². The minimum absolute atomic E-state index is 0. The Hall–Kier alpha value is -1.06. The molecular weight excluding hydrogens is 272 g/mol. The van der Waals surface area contributed by atoms with Crippen molar-refractivity contribution in [2.75, 3.05) is 11.9 Å². The first kappa shape index (κ1) is 15.3. The topological polar surface area (TPSA) is 55.1 Å². The molecule has 3 N–H and O–H groups in total. The summed E-state index contributed by atoms with van der Waals surface area (Å²) in [7, 11) is 0. The second kappa shape index (κ2) is 6.15. The zero-order chi connectivity index (χ0) is 13.3. The predicted molar refractivity (Wildman–Crippen MR) is 84.3 cm³/mol. The number of hydrogen-bond acceptors (Lipinski definition) is 2. The smallest absolute Gasteiger partial charge is 0.231 e. The van der Waals surface area contributed by atoms with Gasteiger partial charge in [-0.25, -0.2) is 0 Å². The Bertz CT molecular complexity index is 495. The number of nitrogens with one attached hydrogen (secondary N) is 1. The summed E-state index contributed by atoms with van der Waals surface area (Å²) in [5, 5.41) is 3.09. The third-order valence-corrected chi connectivity index (χ3v) is 4.79. The van der Waals surface area contributed by atoms with Crippen molar-refractivity contribution in [2.24, 2.45) is 11.1 Å². The van der Waals surface area contributed by atoms with Crippen LogP contribution in [0.5, 0.6) is 0 Å². The van der Waals surface area contributed by atoms with E-state index >= 15 is 0 Å². The highest BCUT2D eigenvalue weighted by molar-refractivity contribution is 5.95. The lowest BCUT2D eigenvalue weighted by Crippen LogP contribution is -2.40. The molecule has 0 spiro atoms. The number of amides is 1. The van der Waals surface area contributed by atoms with Gasteiger partial charge in [-0.3, -0.25) is 4.79 Å². The Morgan fingerprint density at radius 3 is 2.55 bits per heavy atom. The number of anilines is 1. The SMILES string of the molecule is Cl.NCC1(C(=O)Nc2ccc3c(c2)CCC3)CCCC1. The van der Waals surface area contributed by atoms with Gasteiger partial charge in [0, 0.05) is 12.2 Å². The van der Waals surface area contributed by atoms with Crippen molar-refractivity contribution >= 4 is 24.0 Å². The van der Waals surface area contributed by atoms with E-state index in [2.05, 4.69) is 17.4 Å². The van der Waals surface area contributed by atoms with Gasteiger partial charge in [0.2, 0.25) is 5.91 Å². The van der Waals surface area contributed by atoms with Gasteiger partial charge < -0.3 is 11.1 Å². The molecule has 110 valence electrons. The molecule has 0 aromatic heterocycles. The number of hydrogen-bond donors (Lipinski definition) is 2. The van der Waals surface area contributed by atoms with Crippen LogP contribution in [0.25, 0.3) is 0 Å². The molecule has 3 rings (SSSR count). The zero-order valence-electron chi connectivity index (χ0n) is 11.8. The molecule has 0 bridgehead atoms. The van der Waals surface area contributed by atoms with Crippen LogP contribution >= 0.6 is 12.4 Å². The Kier molecular flexibility index (Phi) is 4.71. The molecule has 0 saturated heterocycles. The molecule has 2 aliphatic carbocycles. The first-order valence-corrected chi connectivity index (χ1v) is 7.37. The molecule has 0 atom stereocenters. The van der Waals surface area contributed by atoms with Crippen LogP contribution in [0.15, 0.2) is 18.2 Å². The summed E-state index contributed by atoms with van der Waals surface area (Å²) in [5.41, 5.74) is 9.30. The zero-order valence-corrected chi connectivity index (χ0v) is 12.6. The van der Waals surface area contributed by atoms with Crippen LogP contribution in [0.2, 0.25) is 0 Å². The molecule has 1 aromatic carbocycles. The summed E-state index contributed by atoms with van der Waals surface area (Å²) >= 11 is 0. The van der Waals surface area contributed by atoms with Crippen LogP contribution in [0, 0.1) is 5.41 Å². The quantitative estimate of drug-likeness (QED) is 0.900. The lowest BCUT2D eigenvalue weighted by Gasteiger charge is -2.25. The van der Waals surface area contributed by atoms with Crippen LogP contribution < -0.4 is 11.1 Å². The van der Waals surface area contributed by atoms with Gasteiger partial charge in [0.05, 0.1) is 5.41 Å². The summed E-state index contributed by atoms with van der Waals surface area (Å²) in [6, 6.07) is 6.32. The molecule has 4 heteroatoms. The number of benzene rings is 1. The number of halogens is 1. The van der Waals surface area contributed by atoms with Crippen LogP contribution in [0.1, 0.15) is 43.2 Å². The fraction of sp³-hybridized carbons (Fsp3) is 0.562. The largest absolute Gasteiger partial charge is 0.329 e. The van der Waals surface area contributed by atoms with Gasteiger partial charge in [-0.15, -0.1) is 12.4 Å². The Balaban J connectivity index is 0.00000147. The van der Waals surface area contributed by atoms with Gasteiger partial charge >= 0.3 is 0 Å². The van der Waals surface area contributed by atoms with E-state index < -0.39 is 0 Å². The van der Waals surface area contributed by atoms with E-state index in [0.717, 1.165) is 37.8 Å². The minimum atomic E-state index is -0.320. The fourth-order valence-corrected chi connectivity index (χ4v) is 3.49. The highest BCUT2D eigenvalue weighted by atomic mass is 35.5. The normalized spacial score (nSPS) is 19.2. The predicted octanol–water partition coefficient (Wildman–Crippen LogP) is 3.05. The van der Waals surface area contributed by atoms with Gasteiger partial charge in [0.1, 0.15) is 0 Å². The van der Waals surface area contributed by atoms with E-state index in [1.165, 1.54) is 24.0 Å². The van der Waals surface area contributed by atoms with Gasteiger partial charge in [-0.1, -0.05) is 18.9 Å². The van der Waals surface area contributed by atoms with Crippen molar-refractivity contribution in [1.82, 2.24) is 0 Å². The number of nitrogens with two attached hydrogens (primary N) is 1.